The van der Waals surface area contributed by atoms with Crippen molar-refractivity contribution in [3.05, 3.63) is 60.2 Å². The van der Waals surface area contributed by atoms with Gasteiger partial charge in [-0.1, -0.05) is 0 Å². The first-order chi connectivity index (χ1) is 10.8. The highest BCUT2D eigenvalue weighted by molar-refractivity contribution is 5.93. The van der Waals surface area contributed by atoms with Crippen LogP contribution in [0.3, 0.4) is 0 Å². The highest BCUT2D eigenvalue weighted by Crippen LogP contribution is 2.21. The summed E-state index contributed by atoms with van der Waals surface area (Å²) in [6, 6.07) is 12.8. The van der Waals surface area contributed by atoms with E-state index in [0.29, 0.717) is 23.7 Å². The maximum Gasteiger partial charge on any atom is 0.269 e. The number of rotatable bonds is 5. The third-order valence-corrected chi connectivity index (χ3v) is 3.21. The van der Waals surface area contributed by atoms with E-state index < -0.39 is 0 Å². The lowest BCUT2D eigenvalue weighted by Crippen LogP contribution is -2.22. The van der Waals surface area contributed by atoms with Crippen molar-refractivity contribution in [3.8, 4) is 17.0 Å². The van der Waals surface area contributed by atoms with Crippen LogP contribution in [0.2, 0.25) is 0 Å². The molecule has 0 atom stereocenters. The van der Waals surface area contributed by atoms with Crippen molar-refractivity contribution in [2.45, 2.75) is 6.54 Å². The predicted molar refractivity (Wildman–Crippen MR) is 80.5 cm³/mol. The van der Waals surface area contributed by atoms with Gasteiger partial charge in [-0.2, -0.15) is 5.10 Å². The quantitative estimate of drug-likeness (QED) is 0.758. The van der Waals surface area contributed by atoms with Crippen molar-refractivity contribution in [1.29, 1.82) is 0 Å². The Morgan fingerprint density at radius 1 is 1.32 bits per heavy atom. The van der Waals surface area contributed by atoms with Gasteiger partial charge in [0.05, 0.1) is 25.6 Å². The number of furan rings is 1. The van der Waals surface area contributed by atoms with Gasteiger partial charge in [0.15, 0.2) is 0 Å². The molecule has 0 bridgehead atoms. The van der Waals surface area contributed by atoms with Gasteiger partial charge in [-0.25, -0.2) is 0 Å². The largest absolute Gasteiger partial charge is 0.497 e. The minimum atomic E-state index is -0.233. The molecule has 1 amide bonds. The summed E-state index contributed by atoms with van der Waals surface area (Å²) in [5, 5.41) is 9.66. The van der Waals surface area contributed by atoms with Gasteiger partial charge in [0.1, 0.15) is 17.2 Å². The Morgan fingerprint density at radius 3 is 2.82 bits per heavy atom. The number of hydrogen-bond acceptors (Lipinski definition) is 4. The van der Waals surface area contributed by atoms with Crippen LogP contribution in [0.25, 0.3) is 11.3 Å². The Kier molecular flexibility index (Phi) is 3.91. The summed E-state index contributed by atoms with van der Waals surface area (Å²) in [4.78, 5) is 12.0. The molecule has 0 aliphatic rings. The number of carbonyl (C=O) groups is 1. The van der Waals surface area contributed by atoms with Gasteiger partial charge < -0.3 is 14.5 Å². The highest BCUT2D eigenvalue weighted by Gasteiger charge is 2.11. The lowest BCUT2D eigenvalue weighted by Gasteiger charge is -2.00. The van der Waals surface area contributed by atoms with E-state index in [4.69, 9.17) is 9.15 Å². The van der Waals surface area contributed by atoms with Gasteiger partial charge in [-0.3, -0.25) is 9.89 Å². The predicted octanol–water partition coefficient (Wildman–Crippen LogP) is 2.61. The first-order valence-electron chi connectivity index (χ1n) is 6.76. The monoisotopic (exact) mass is 297 g/mol. The van der Waals surface area contributed by atoms with E-state index in [1.807, 2.05) is 24.3 Å². The molecule has 3 rings (SSSR count). The molecule has 2 aromatic heterocycles. The molecule has 112 valence electrons. The smallest absolute Gasteiger partial charge is 0.269 e. The lowest BCUT2D eigenvalue weighted by molar-refractivity contribution is 0.0943. The van der Waals surface area contributed by atoms with Gasteiger partial charge in [0, 0.05) is 5.56 Å². The van der Waals surface area contributed by atoms with Gasteiger partial charge >= 0.3 is 0 Å². The van der Waals surface area contributed by atoms with Crippen molar-refractivity contribution in [2.24, 2.45) is 0 Å². The number of aromatic amines is 1. The molecule has 0 aliphatic heterocycles. The Labute approximate surface area is 127 Å². The molecule has 2 N–H and O–H groups in total. The summed E-state index contributed by atoms with van der Waals surface area (Å²) in [5.74, 6) is 1.24. The zero-order chi connectivity index (χ0) is 15.4. The lowest BCUT2D eigenvalue weighted by atomic mass is 10.1. The first kappa shape index (κ1) is 13.9. The molecule has 2 heterocycles. The van der Waals surface area contributed by atoms with E-state index in [2.05, 4.69) is 15.5 Å². The third kappa shape index (κ3) is 3.01. The van der Waals surface area contributed by atoms with Crippen LogP contribution in [0.5, 0.6) is 5.75 Å². The number of hydrogen-bond donors (Lipinski definition) is 2. The molecule has 3 aromatic rings. The molecule has 6 heteroatoms. The molecular formula is C16H15N3O3. The fraction of sp³-hybridized carbons (Fsp3) is 0.125. The summed E-state index contributed by atoms with van der Waals surface area (Å²) in [7, 11) is 1.62. The Balaban J connectivity index is 1.68. The minimum Gasteiger partial charge on any atom is -0.497 e. The summed E-state index contributed by atoms with van der Waals surface area (Å²) in [5.41, 5.74) is 2.00. The second-order valence-corrected chi connectivity index (χ2v) is 4.66. The van der Waals surface area contributed by atoms with E-state index in [1.54, 1.807) is 31.6 Å². The molecule has 0 unspecified atom stereocenters. The average molecular weight is 297 g/mol. The van der Waals surface area contributed by atoms with E-state index in [9.17, 15) is 4.79 Å². The summed E-state index contributed by atoms with van der Waals surface area (Å²) in [6.07, 6.45) is 1.57. The number of ether oxygens (including phenoxy) is 1. The van der Waals surface area contributed by atoms with Crippen LogP contribution in [0.15, 0.2) is 53.1 Å². The van der Waals surface area contributed by atoms with Crippen LogP contribution in [-0.4, -0.2) is 23.2 Å². The Bertz CT molecular complexity index is 745. The minimum absolute atomic E-state index is 0.233. The maximum absolute atomic E-state index is 12.0. The van der Waals surface area contributed by atoms with Crippen molar-refractivity contribution >= 4 is 5.91 Å². The summed E-state index contributed by atoms with van der Waals surface area (Å²) < 4.78 is 10.3. The Morgan fingerprint density at radius 2 is 2.14 bits per heavy atom. The number of carbonyl (C=O) groups excluding carboxylic acids is 1. The number of methoxy groups -OCH3 is 1. The van der Waals surface area contributed by atoms with Crippen LogP contribution in [-0.2, 0) is 6.54 Å². The van der Waals surface area contributed by atoms with Gasteiger partial charge in [-0.15, -0.1) is 0 Å². The molecule has 22 heavy (non-hydrogen) atoms. The maximum atomic E-state index is 12.0. The highest BCUT2D eigenvalue weighted by atomic mass is 16.5. The molecular weight excluding hydrogens is 282 g/mol. The summed E-state index contributed by atoms with van der Waals surface area (Å²) >= 11 is 0. The molecule has 0 radical (unpaired) electrons. The van der Waals surface area contributed by atoms with Crippen molar-refractivity contribution < 1.29 is 13.9 Å². The molecule has 1 aromatic carbocycles. The van der Waals surface area contributed by atoms with Crippen LogP contribution in [0.1, 0.15) is 16.2 Å². The van der Waals surface area contributed by atoms with Gasteiger partial charge in [0.2, 0.25) is 0 Å². The fourth-order valence-corrected chi connectivity index (χ4v) is 2.02. The molecule has 0 spiro atoms. The number of H-pyrrole nitrogens is 1. The van der Waals surface area contributed by atoms with Crippen LogP contribution in [0, 0.1) is 0 Å². The van der Waals surface area contributed by atoms with Crippen LogP contribution in [0.4, 0.5) is 0 Å². The second kappa shape index (κ2) is 6.17. The van der Waals surface area contributed by atoms with Crippen molar-refractivity contribution in [2.75, 3.05) is 7.11 Å². The fourth-order valence-electron chi connectivity index (χ4n) is 2.02. The van der Waals surface area contributed by atoms with Gasteiger partial charge in [-0.05, 0) is 42.5 Å². The van der Waals surface area contributed by atoms with Crippen LogP contribution >= 0.6 is 0 Å². The number of benzene rings is 1. The average Bonchev–Trinajstić information content (AvgIpc) is 3.24. The van der Waals surface area contributed by atoms with E-state index >= 15 is 0 Å². The molecule has 0 fully saturated rings. The van der Waals surface area contributed by atoms with Crippen molar-refractivity contribution in [3.63, 3.8) is 0 Å². The molecule has 0 saturated carbocycles. The number of amides is 1. The van der Waals surface area contributed by atoms with E-state index in [1.165, 1.54) is 0 Å². The first-order valence-corrected chi connectivity index (χ1v) is 6.76. The standard InChI is InChI=1S/C16H15N3O3/c1-21-12-6-4-11(5-7-12)14-9-15(19-18-14)16(20)17-10-13-3-2-8-22-13/h2-9H,10H2,1H3,(H,17,20)(H,18,19). The van der Waals surface area contributed by atoms with E-state index in [-0.39, 0.29) is 5.91 Å². The molecule has 0 saturated heterocycles. The molecule has 0 aliphatic carbocycles. The topological polar surface area (TPSA) is 80.1 Å². The Hall–Kier alpha value is -3.02. The van der Waals surface area contributed by atoms with E-state index in [0.717, 1.165) is 11.3 Å². The van der Waals surface area contributed by atoms with Crippen molar-refractivity contribution in [1.82, 2.24) is 15.5 Å². The van der Waals surface area contributed by atoms with Crippen LogP contribution < -0.4 is 10.1 Å². The SMILES string of the molecule is COc1ccc(-c2cc(C(=O)NCc3ccco3)[nH]n2)cc1. The zero-order valence-electron chi connectivity index (χ0n) is 12.0. The number of nitrogens with one attached hydrogen (secondary N) is 2. The summed E-state index contributed by atoms with van der Waals surface area (Å²) in [6.45, 7) is 0.336. The normalized spacial score (nSPS) is 10.4. The number of aromatic nitrogens is 2. The van der Waals surface area contributed by atoms with Gasteiger partial charge in [0.25, 0.3) is 5.91 Å². The zero-order valence-corrected chi connectivity index (χ0v) is 12.0. The second-order valence-electron chi connectivity index (χ2n) is 4.66. The number of nitrogens with zero attached hydrogens (tertiary/aromatic N) is 1. The third-order valence-electron chi connectivity index (χ3n) is 3.21. The molecule has 6 nitrogen and oxygen atoms in total.